The van der Waals surface area contributed by atoms with Crippen LogP contribution in [0.3, 0.4) is 0 Å². The lowest BCUT2D eigenvalue weighted by atomic mass is 10.2. The van der Waals surface area contributed by atoms with Crippen LogP contribution in [0.15, 0.2) is 53.6 Å². The minimum Gasteiger partial charge on any atom is -0.490 e. The molecule has 0 heterocycles. The lowest BCUT2D eigenvalue weighted by molar-refractivity contribution is 0.269. The second kappa shape index (κ2) is 8.08. The zero-order chi connectivity index (χ0) is 15.8. The molecule has 0 atom stereocenters. The van der Waals surface area contributed by atoms with Gasteiger partial charge in [0.05, 0.1) is 12.8 Å². The van der Waals surface area contributed by atoms with Crippen LogP contribution < -0.4 is 9.47 Å². The average Bonchev–Trinajstić information content (AvgIpc) is 2.53. The molecule has 0 saturated heterocycles. The summed E-state index contributed by atoms with van der Waals surface area (Å²) in [6.45, 7) is 3.07. The molecule has 4 heteroatoms. The van der Waals surface area contributed by atoms with E-state index in [1.165, 1.54) is 0 Å². The van der Waals surface area contributed by atoms with Crippen molar-refractivity contribution in [2.45, 2.75) is 13.5 Å². The predicted octanol–water partition coefficient (Wildman–Crippen LogP) is 3.56. The molecule has 0 spiro atoms. The van der Waals surface area contributed by atoms with Gasteiger partial charge in [-0.1, -0.05) is 30.3 Å². The standard InChI is InChI=1S/C18H22N2O2/c1-4-21-18-12-16(13-19-20(2)3)10-11-17(18)22-14-15-8-6-5-7-9-15/h5-13H,4,14H2,1-3H3/b19-13+. The molecule has 0 saturated carbocycles. The highest BCUT2D eigenvalue weighted by atomic mass is 16.5. The van der Waals surface area contributed by atoms with Crippen LogP contribution in [0.25, 0.3) is 0 Å². The normalized spacial score (nSPS) is 10.7. The zero-order valence-electron chi connectivity index (χ0n) is 13.3. The van der Waals surface area contributed by atoms with Gasteiger partial charge in [0, 0.05) is 14.1 Å². The highest BCUT2D eigenvalue weighted by Crippen LogP contribution is 2.28. The summed E-state index contributed by atoms with van der Waals surface area (Å²) in [5.74, 6) is 1.48. The fraction of sp³-hybridized carbons (Fsp3) is 0.278. The maximum Gasteiger partial charge on any atom is 0.161 e. The van der Waals surface area contributed by atoms with Crippen molar-refractivity contribution in [3.05, 3.63) is 59.7 Å². The van der Waals surface area contributed by atoms with Gasteiger partial charge in [-0.15, -0.1) is 0 Å². The maximum atomic E-state index is 5.88. The van der Waals surface area contributed by atoms with Crippen LogP contribution in [0.4, 0.5) is 0 Å². The molecule has 2 aromatic rings. The fourth-order valence-corrected chi connectivity index (χ4v) is 1.91. The van der Waals surface area contributed by atoms with Gasteiger partial charge >= 0.3 is 0 Å². The van der Waals surface area contributed by atoms with Gasteiger partial charge in [0.1, 0.15) is 6.61 Å². The molecule has 0 radical (unpaired) electrons. The van der Waals surface area contributed by atoms with Crippen LogP contribution in [0.1, 0.15) is 18.1 Å². The molecule has 0 unspecified atom stereocenters. The largest absolute Gasteiger partial charge is 0.490 e. The van der Waals surface area contributed by atoms with E-state index >= 15 is 0 Å². The monoisotopic (exact) mass is 298 g/mol. The predicted molar refractivity (Wildman–Crippen MR) is 89.7 cm³/mol. The van der Waals surface area contributed by atoms with Crippen LogP contribution in [0, 0.1) is 0 Å². The van der Waals surface area contributed by atoms with Gasteiger partial charge in [-0.05, 0) is 36.2 Å². The number of hydrogen-bond donors (Lipinski definition) is 0. The maximum absolute atomic E-state index is 5.88. The Morgan fingerprint density at radius 1 is 1.00 bits per heavy atom. The Morgan fingerprint density at radius 3 is 2.45 bits per heavy atom. The Labute approximate surface area is 132 Å². The van der Waals surface area contributed by atoms with Gasteiger partial charge in [-0.3, -0.25) is 0 Å². The Morgan fingerprint density at radius 2 is 1.77 bits per heavy atom. The molecule has 4 nitrogen and oxygen atoms in total. The minimum atomic E-state index is 0.520. The summed E-state index contributed by atoms with van der Waals surface area (Å²) in [5, 5.41) is 5.98. The van der Waals surface area contributed by atoms with E-state index in [9.17, 15) is 0 Å². The molecule has 0 amide bonds. The number of ether oxygens (including phenoxy) is 2. The van der Waals surface area contributed by atoms with Crippen molar-refractivity contribution in [3.63, 3.8) is 0 Å². The van der Waals surface area contributed by atoms with E-state index < -0.39 is 0 Å². The summed E-state index contributed by atoms with van der Waals surface area (Å²) in [6.07, 6.45) is 1.80. The van der Waals surface area contributed by atoms with Crippen molar-refractivity contribution in [3.8, 4) is 11.5 Å². The van der Waals surface area contributed by atoms with E-state index in [1.54, 1.807) is 11.2 Å². The van der Waals surface area contributed by atoms with E-state index in [0.29, 0.717) is 13.2 Å². The average molecular weight is 298 g/mol. The first-order valence-electron chi connectivity index (χ1n) is 7.34. The summed E-state index contributed by atoms with van der Waals surface area (Å²) in [7, 11) is 3.77. The van der Waals surface area contributed by atoms with Crippen LogP contribution in [-0.2, 0) is 6.61 Å². The van der Waals surface area contributed by atoms with E-state index in [-0.39, 0.29) is 0 Å². The molecular weight excluding hydrogens is 276 g/mol. The molecule has 0 bridgehead atoms. The number of hydrogen-bond acceptors (Lipinski definition) is 4. The third-order valence-corrected chi connectivity index (χ3v) is 2.94. The van der Waals surface area contributed by atoms with E-state index in [0.717, 1.165) is 22.6 Å². The second-order valence-electron chi connectivity index (χ2n) is 5.01. The first kappa shape index (κ1) is 15.9. The van der Waals surface area contributed by atoms with Crippen molar-refractivity contribution >= 4 is 6.21 Å². The van der Waals surface area contributed by atoms with Crippen molar-refractivity contribution in [1.82, 2.24) is 5.01 Å². The van der Waals surface area contributed by atoms with E-state index in [2.05, 4.69) is 5.10 Å². The van der Waals surface area contributed by atoms with Crippen LogP contribution in [0.5, 0.6) is 11.5 Å². The van der Waals surface area contributed by atoms with Crippen molar-refractivity contribution in [2.75, 3.05) is 20.7 Å². The summed E-state index contributed by atoms with van der Waals surface area (Å²) in [6, 6.07) is 15.9. The molecule has 0 fully saturated rings. The topological polar surface area (TPSA) is 34.1 Å². The highest BCUT2D eigenvalue weighted by Gasteiger charge is 2.06. The summed E-state index contributed by atoms with van der Waals surface area (Å²) >= 11 is 0. The summed E-state index contributed by atoms with van der Waals surface area (Å²) in [5.41, 5.74) is 2.10. The van der Waals surface area contributed by atoms with Gasteiger partial charge in [0.25, 0.3) is 0 Å². The molecule has 0 N–H and O–H groups in total. The lowest BCUT2D eigenvalue weighted by Crippen LogP contribution is -2.03. The SMILES string of the molecule is CCOc1cc(/C=N/N(C)C)ccc1OCc1ccccc1. The van der Waals surface area contributed by atoms with Gasteiger partial charge in [-0.25, -0.2) is 0 Å². The van der Waals surface area contributed by atoms with Crippen LogP contribution in [-0.4, -0.2) is 31.9 Å². The Bertz CT molecular complexity index is 610. The molecule has 0 aliphatic carbocycles. The third kappa shape index (κ3) is 4.81. The molecule has 22 heavy (non-hydrogen) atoms. The Hall–Kier alpha value is -2.49. The zero-order valence-corrected chi connectivity index (χ0v) is 13.3. The van der Waals surface area contributed by atoms with E-state index in [4.69, 9.17) is 9.47 Å². The number of hydrazone groups is 1. The molecule has 0 aliphatic rings. The van der Waals surface area contributed by atoms with Gasteiger partial charge in [0.2, 0.25) is 0 Å². The molecule has 2 aromatic carbocycles. The Balaban J connectivity index is 2.12. The van der Waals surface area contributed by atoms with Gasteiger partial charge in [-0.2, -0.15) is 5.10 Å². The van der Waals surface area contributed by atoms with Crippen LogP contribution in [0.2, 0.25) is 0 Å². The number of benzene rings is 2. The van der Waals surface area contributed by atoms with Gasteiger partial charge < -0.3 is 14.5 Å². The molecule has 0 aromatic heterocycles. The van der Waals surface area contributed by atoms with Crippen molar-refractivity contribution < 1.29 is 9.47 Å². The summed E-state index contributed by atoms with van der Waals surface area (Å²) in [4.78, 5) is 0. The first-order valence-corrected chi connectivity index (χ1v) is 7.34. The molecular formula is C18H22N2O2. The fourth-order valence-electron chi connectivity index (χ4n) is 1.91. The number of nitrogens with zero attached hydrogens (tertiary/aromatic N) is 2. The quantitative estimate of drug-likeness (QED) is 0.579. The molecule has 116 valence electrons. The number of rotatable bonds is 7. The smallest absolute Gasteiger partial charge is 0.161 e. The lowest BCUT2D eigenvalue weighted by Gasteiger charge is -2.13. The highest BCUT2D eigenvalue weighted by molar-refractivity contribution is 5.80. The molecule has 2 rings (SSSR count). The summed E-state index contributed by atoms with van der Waals surface area (Å²) < 4.78 is 11.5. The van der Waals surface area contributed by atoms with Gasteiger partial charge in [0.15, 0.2) is 11.5 Å². The Kier molecular flexibility index (Phi) is 5.83. The minimum absolute atomic E-state index is 0.520. The second-order valence-corrected chi connectivity index (χ2v) is 5.01. The van der Waals surface area contributed by atoms with E-state index in [1.807, 2.05) is 69.6 Å². The first-order chi connectivity index (χ1) is 10.7. The third-order valence-electron chi connectivity index (χ3n) is 2.94. The van der Waals surface area contributed by atoms with Crippen LogP contribution >= 0.6 is 0 Å². The van der Waals surface area contributed by atoms with Crippen molar-refractivity contribution in [2.24, 2.45) is 5.10 Å². The molecule has 0 aliphatic heterocycles. The van der Waals surface area contributed by atoms with Crippen molar-refractivity contribution in [1.29, 1.82) is 0 Å².